The molecule has 0 spiro atoms. The van der Waals surface area contributed by atoms with E-state index in [1.807, 2.05) is 18.2 Å². The fourth-order valence-electron chi connectivity index (χ4n) is 6.66. The molecule has 1 atom stereocenters. The number of carbonyl (C=O) groups is 3. The Balaban J connectivity index is 4.68. The molecule has 6 heteroatoms. The molecule has 0 saturated carbocycles. The molecule has 0 aromatic rings. The molecule has 0 aromatic carbocycles. The van der Waals surface area contributed by atoms with Crippen molar-refractivity contribution in [1.29, 1.82) is 0 Å². The van der Waals surface area contributed by atoms with Gasteiger partial charge in [-0.25, -0.2) is 0 Å². The Morgan fingerprint density at radius 2 is 0.560 bits per heavy atom. The van der Waals surface area contributed by atoms with Crippen molar-refractivity contribution in [3.8, 4) is 0 Å². The molecular weight excluding hydrogens is 925 g/mol. The third kappa shape index (κ3) is 58.7. The lowest BCUT2D eigenvalue weighted by Crippen LogP contribution is -2.30. The fourth-order valence-corrected chi connectivity index (χ4v) is 6.66. The quantitative estimate of drug-likeness (QED) is 0.0261. The van der Waals surface area contributed by atoms with Crippen LogP contribution in [0.4, 0.5) is 0 Å². The molecule has 0 amide bonds. The van der Waals surface area contributed by atoms with E-state index in [4.69, 9.17) is 14.2 Å². The van der Waals surface area contributed by atoms with Gasteiger partial charge in [0, 0.05) is 12.8 Å². The molecule has 6 nitrogen and oxygen atoms in total. The minimum absolute atomic E-state index is 0.0940. The predicted molar refractivity (Wildman–Crippen MR) is 324 cm³/mol. The van der Waals surface area contributed by atoms with Crippen LogP contribution in [0.2, 0.25) is 0 Å². The van der Waals surface area contributed by atoms with E-state index in [-0.39, 0.29) is 38.4 Å². The van der Waals surface area contributed by atoms with Gasteiger partial charge in [0.1, 0.15) is 13.2 Å². The van der Waals surface area contributed by atoms with Crippen LogP contribution in [0.3, 0.4) is 0 Å². The summed E-state index contributed by atoms with van der Waals surface area (Å²) < 4.78 is 16.6. The van der Waals surface area contributed by atoms with Crippen molar-refractivity contribution in [2.75, 3.05) is 13.2 Å². The minimum atomic E-state index is -0.884. The van der Waals surface area contributed by atoms with Crippen molar-refractivity contribution in [3.05, 3.63) is 207 Å². The normalized spacial score (nSPS) is 13.7. The third-order valence-electron chi connectivity index (χ3n) is 10.8. The van der Waals surface area contributed by atoms with Gasteiger partial charge in [0.2, 0.25) is 0 Å². The molecule has 1 unspecified atom stereocenters. The largest absolute Gasteiger partial charge is 0.462 e. The van der Waals surface area contributed by atoms with E-state index in [0.717, 1.165) is 135 Å². The molecule has 412 valence electrons. The summed E-state index contributed by atoms with van der Waals surface area (Å²) in [6.45, 7) is 6.09. The maximum atomic E-state index is 12.8. The Labute approximate surface area is 458 Å². The second-order valence-corrected chi connectivity index (χ2v) is 17.7. The molecule has 0 aliphatic carbocycles. The highest BCUT2D eigenvalue weighted by molar-refractivity contribution is 5.72. The van der Waals surface area contributed by atoms with E-state index >= 15 is 0 Å². The summed E-state index contributed by atoms with van der Waals surface area (Å²) in [4.78, 5) is 38.1. The summed E-state index contributed by atoms with van der Waals surface area (Å²) >= 11 is 0. The van der Waals surface area contributed by atoms with E-state index in [1.165, 1.54) is 0 Å². The first-order valence-electron chi connectivity index (χ1n) is 28.6. The number of hydrogen-bond acceptors (Lipinski definition) is 6. The number of allylic oxidation sites excluding steroid dienone is 33. The molecule has 0 aromatic heterocycles. The van der Waals surface area contributed by atoms with Crippen LogP contribution in [0, 0.1) is 0 Å². The number of carbonyl (C=O) groups excluding carboxylic acids is 3. The van der Waals surface area contributed by atoms with Crippen LogP contribution >= 0.6 is 0 Å². The Bertz CT molecular complexity index is 1900. The van der Waals surface area contributed by atoms with Crippen LogP contribution in [0.1, 0.15) is 188 Å². The summed E-state index contributed by atoms with van der Waals surface area (Å²) in [7, 11) is 0. The van der Waals surface area contributed by atoms with E-state index in [1.54, 1.807) is 6.08 Å². The Hall–Kier alpha value is -6.01. The van der Waals surface area contributed by atoms with Gasteiger partial charge in [0.25, 0.3) is 0 Å². The highest BCUT2D eigenvalue weighted by Gasteiger charge is 2.19. The van der Waals surface area contributed by atoms with Gasteiger partial charge >= 0.3 is 17.9 Å². The van der Waals surface area contributed by atoms with Crippen molar-refractivity contribution < 1.29 is 28.6 Å². The van der Waals surface area contributed by atoms with Gasteiger partial charge < -0.3 is 14.2 Å². The first kappa shape index (κ1) is 69.0. The topological polar surface area (TPSA) is 78.9 Å². The molecule has 0 bridgehead atoms. The van der Waals surface area contributed by atoms with Gasteiger partial charge in [-0.3, -0.25) is 14.4 Å². The fraction of sp³-hybridized carbons (Fsp3) is 0.464. The van der Waals surface area contributed by atoms with Crippen molar-refractivity contribution in [1.82, 2.24) is 0 Å². The summed E-state index contributed by atoms with van der Waals surface area (Å²) in [5, 5.41) is 0. The van der Waals surface area contributed by atoms with Crippen molar-refractivity contribution in [2.45, 2.75) is 194 Å². The van der Waals surface area contributed by atoms with E-state index < -0.39 is 18.0 Å². The molecule has 75 heavy (non-hydrogen) atoms. The highest BCUT2D eigenvalue weighted by atomic mass is 16.6. The SMILES string of the molecule is CC/C=C\C/C=C\C/C=C\C/C=C\C/C=C\C/C=C\CCCCCCC(=O)OCC(COC(=O)C/C=C\C/C=C\C/C=C\C/C=C\C/C=C\CC)OC(=O)CC/C=C\C/C=C\C/C=C\C/C=C\C/C=C\C/C=C\CC. The zero-order valence-electron chi connectivity index (χ0n) is 47.0. The van der Waals surface area contributed by atoms with Crippen LogP contribution in [-0.4, -0.2) is 37.2 Å². The summed E-state index contributed by atoms with van der Waals surface area (Å²) in [6, 6.07) is 0. The lowest BCUT2D eigenvalue weighted by Gasteiger charge is -2.18. The van der Waals surface area contributed by atoms with E-state index in [0.29, 0.717) is 12.8 Å². The maximum absolute atomic E-state index is 12.8. The van der Waals surface area contributed by atoms with Crippen LogP contribution < -0.4 is 0 Å². The van der Waals surface area contributed by atoms with Crippen LogP contribution in [0.5, 0.6) is 0 Å². The second kappa shape index (κ2) is 60.5. The zero-order chi connectivity index (χ0) is 54.3. The first-order chi connectivity index (χ1) is 37.0. The average molecular weight is 1030 g/mol. The average Bonchev–Trinajstić information content (AvgIpc) is 3.41. The smallest absolute Gasteiger partial charge is 0.309 e. The molecule has 0 rings (SSSR count). The van der Waals surface area contributed by atoms with Crippen molar-refractivity contribution >= 4 is 17.9 Å². The van der Waals surface area contributed by atoms with Crippen molar-refractivity contribution in [2.24, 2.45) is 0 Å². The molecule has 0 radical (unpaired) electrons. The zero-order valence-corrected chi connectivity index (χ0v) is 47.0. The molecular formula is C69H100O6. The third-order valence-corrected chi connectivity index (χ3v) is 10.8. The van der Waals surface area contributed by atoms with Gasteiger partial charge in [0.05, 0.1) is 6.42 Å². The van der Waals surface area contributed by atoms with Gasteiger partial charge in [-0.1, -0.05) is 240 Å². The number of rotatable bonds is 48. The number of unbranched alkanes of at least 4 members (excludes halogenated alkanes) is 4. The lowest BCUT2D eigenvalue weighted by atomic mass is 10.1. The number of esters is 3. The summed E-state index contributed by atoms with van der Waals surface area (Å²) in [6.07, 6.45) is 94.2. The van der Waals surface area contributed by atoms with Gasteiger partial charge in [0.15, 0.2) is 6.10 Å². The monoisotopic (exact) mass is 1020 g/mol. The summed E-state index contributed by atoms with van der Waals surface area (Å²) in [5.74, 6) is -1.22. The van der Waals surface area contributed by atoms with Crippen LogP contribution in [0.25, 0.3) is 0 Å². The lowest BCUT2D eigenvalue weighted by molar-refractivity contribution is -0.166. The van der Waals surface area contributed by atoms with Crippen molar-refractivity contribution in [3.63, 3.8) is 0 Å². The molecule has 0 aliphatic rings. The van der Waals surface area contributed by atoms with Gasteiger partial charge in [-0.15, -0.1) is 0 Å². The highest BCUT2D eigenvalue weighted by Crippen LogP contribution is 2.10. The molecule has 0 fully saturated rings. The van der Waals surface area contributed by atoms with E-state index in [9.17, 15) is 14.4 Å². The Kier molecular flexibility index (Phi) is 55.7. The molecule has 0 heterocycles. The molecule has 0 N–H and O–H groups in total. The minimum Gasteiger partial charge on any atom is -0.462 e. The van der Waals surface area contributed by atoms with Gasteiger partial charge in [-0.2, -0.15) is 0 Å². The maximum Gasteiger partial charge on any atom is 0.309 e. The van der Waals surface area contributed by atoms with Gasteiger partial charge in [-0.05, 0) is 135 Å². The molecule has 0 aliphatic heterocycles. The van der Waals surface area contributed by atoms with Crippen LogP contribution in [0.15, 0.2) is 207 Å². The van der Waals surface area contributed by atoms with Crippen LogP contribution in [-0.2, 0) is 28.6 Å². The Morgan fingerprint density at radius 1 is 0.280 bits per heavy atom. The predicted octanol–water partition coefficient (Wildman–Crippen LogP) is 19.6. The number of ether oxygens (including phenoxy) is 3. The van der Waals surface area contributed by atoms with E-state index in [2.05, 4.69) is 203 Å². The molecule has 0 saturated heterocycles. The first-order valence-corrected chi connectivity index (χ1v) is 28.6. The summed E-state index contributed by atoms with van der Waals surface area (Å²) in [5.41, 5.74) is 0. The second-order valence-electron chi connectivity index (χ2n) is 17.7. The standard InChI is InChI=1S/C69H100O6/c1-4-7-10-13-16-19-22-25-28-30-32-33-34-35-37-38-41-44-47-50-53-56-59-62-68(71)74-65-66(64-73-67(70)61-58-55-52-49-46-43-40-27-24-21-18-15-12-9-6-3)75-69(72)63-60-57-54-51-48-45-42-39-36-31-29-26-23-20-17-14-11-8-5-2/h7-12,16-21,25-29,32-33,35-37,39-41,44-46,48-49,54-55,57-58,66H,4-6,13-15,22-24,30-31,34,38,42-43,47,50-53,56,59-65H2,1-3H3/b10-7-,11-8-,12-9-,19-16-,20-17-,21-18-,28-25-,29-26-,33-32-,37-35-,39-36-,40-27-,44-41-,48-45-,49-46-,57-54-,58-55-. The number of hydrogen-bond donors (Lipinski definition) is 0. The Morgan fingerprint density at radius 3 is 0.907 bits per heavy atom.